The lowest BCUT2D eigenvalue weighted by Gasteiger charge is -2.38. The van der Waals surface area contributed by atoms with E-state index in [1.165, 1.54) is 38.5 Å². The number of amides is 1. The third-order valence-electron chi connectivity index (χ3n) is 6.73. The van der Waals surface area contributed by atoms with Gasteiger partial charge in [0.25, 0.3) is 0 Å². The SMILES string of the molecule is CN=C(NCc1cccc(NC(=O)C2CCCC2)c1)N1CCC2(CCC2)C1.I. The second kappa shape index (κ2) is 9.46. The third-order valence-corrected chi connectivity index (χ3v) is 6.73. The summed E-state index contributed by atoms with van der Waals surface area (Å²) in [4.78, 5) is 19.3. The molecule has 1 aromatic rings. The fraction of sp³-hybridized carbons (Fsp3) is 0.636. The molecule has 1 spiro atoms. The standard InChI is InChI=1S/C22H32N4O.HI/c1-23-21(26-13-12-22(16-26)10-5-11-22)24-15-17-6-4-9-19(14-17)25-20(27)18-7-2-3-8-18;/h4,6,9,14,18H,2-3,5,7-8,10-13,15-16H2,1H3,(H,23,24)(H,25,27);1H. The summed E-state index contributed by atoms with van der Waals surface area (Å²) in [5, 5.41) is 6.61. The average molecular weight is 496 g/mol. The highest BCUT2D eigenvalue weighted by atomic mass is 127. The Hall–Kier alpha value is -1.31. The highest BCUT2D eigenvalue weighted by Gasteiger charge is 2.43. The van der Waals surface area contributed by atoms with Gasteiger partial charge in [-0.3, -0.25) is 9.79 Å². The van der Waals surface area contributed by atoms with E-state index in [1.54, 1.807) is 0 Å². The van der Waals surface area contributed by atoms with E-state index in [0.717, 1.165) is 49.7 Å². The van der Waals surface area contributed by atoms with Crippen LogP contribution in [0.5, 0.6) is 0 Å². The number of rotatable bonds is 4. The average Bonchev–Trinajstić information content (AvgIpc) is 3.33. The fourth-order valence-corrected chi connectivity index (χ4v) is 4.91. The normalized spacial score (nSPS) is 21.3. The minimum Gasteiger partial charge on any atom is -0.352 e. The van der Waals surface area contributed by atoms with Gasteiger partial charge in [-0.05, 0) is 55.2 Å². The quantitative estimate of drug-likeness (QED) is 0.370. The van der Waals surface area contributed by atoms with E-state index in [0.29, 0.717) is 5.41 Å². The summed E-state index contributed by atoms with van der Waals surface area (Å²) in [7, 11) is 1.87. The number of guanidine groups is 1. The minimum absolute atomic E-state index is 0. The Morgan fingerprint density at radius 3 is 2.64 bits per heavy atom. The van der Waals surface area contributed by atoms with Crippen LogP contribution in [-0.2, 0) is 11.3 Å². The van der Waals surface area contributed by atoms with Crippen LogP contribution < -0.4 is 10.6 Å². The minimum atomic E-state index is 0. The van der Waals surface area contributed by atoms with Crippen LogP contribution in [0.3, 0.4) is 0 Å². The molecule has 5 nitrogen and oxygen atoms in total. The second-order valence-electron chi connectivity index (χ2n) is 8.60. The van der Waals surface area contributed by atoms with Crippen molar-refractivity contribution >= 4 is 41.5 Å². The molecule has 0 bridgehead atoms. The molecule has 3 fully saturated rings. The van der Waals surface area contributed by atoms with Gasteiger partial charge in [0.2, 0.25) is 5.91 Å². The summed E-state index contributed by atoms with van der Waals surface area (Å²) < 4.78 is 0. The maximum absolute atomic E-state index is 12.4. The number of likely N-dealkylation sites (tertiary alicyclic amines) is 1. The molecule has 2 N–H and O–H groups in total. The molecule has 2 saturated carbocycles. The maximum atomic E-state index is 12.4. The van der Waals surface area contributed by atoms with Gasteiger partial charge in [0.15, 0.2) is 5.96 Å². The van der Waals surface area contributed by atoms with Crippen LogP contribution >= 0.6 is 24.0 Å². The molecule has 1 heterocycles. The predicted octanol–water partition coefficient (Wildman–Crippen LogP) is 4.38. The van der Waals surface area contributed by atoms with Crippen LogP contribution in [0.1, 0.15) is 56.9 Å². The van der Waals surface area contributed by atoms with Gasteiger partial charge in [-0.2, -0.15) is 0 Å². The van der Waals surface area contributed by atoms with Crippen molar-refractivity contribution in [2.75, 3.05) is 25.5 Å². The van der Waals surface area contributed by atoms with E-state index in [-0.39, 0.29) is 35.8 Å². The van der Waals surface area contributed by atoms with Crippen LogP contribution in [0.2, 0.25) is 0 Å². The van der Waals surface area contributed by atoms with Gasteiger partial charge < -0.3 is 15.5 Å². The Kier molecular flexibility index (Phi) is 7.23. The van der Waals surface area contributed by atoms with Crippen molar-refractivity contribution in [3.63, 3.8) is 0 Å². The van der Waals surface area contributed by atoms with E-state index in [2.05, 4.69) is 32.7 Å². The molecular formula is C22H33IN4O. The summed E-state index contributed by atoms with van der Waals surface area (Å²) in [6.07, 6.45) is 9.86. The van der Waals surface area contributed by atoms with Crippen molar-refractivity contribution in [2.24, 2.45) is 16.3 Å². The van der Waals surface area contributed by atoms with E-state index in [4.69, 9.17) is 0 Å². The Morgan fingerprint density at radius 1 is 1.21 bits per heavy atom. The number of carbonyl (C=O) groups excluding carboxylic acids is 1. The number of halogens is 1. The van der Waals surface area contributed by atoms with Crippen LogP contribution in [0.4, 0.5) is 5.69 Å². The van der Waals surface area contributed by atoms with Gasteiger partial charge in [-0.1, -0.05) is 31.4 Å². The van der Waals surface area contributed by atoms with E-state index >= 15 is 0 Å². The van der Waals surface area contributed by atoms with Gasteiger partial charge in [0.1, 0.15) is 0 Å². The summed E-state index contributed by atoms with van der Waals surface area (Å²) in [6.45, 7) is 2.98. The number of hydrogen-bond acceptors (Lipinski definition) is 2. The zero-order chi connectivity index (χ0) is 18.7. The lowest BCUT2D eigenvalue weighted by atomic mass is 9.68. The smallest absolute Gasteiger partial charge is 0.227 e. The van der Waals surface area contributed by atoms with Crippen molar-refractivity contribution in [1.29, 1.82) is 0 Å². The monoisotopic (exact) mass is 496 g/mol. The Balaban J connectivity index is 0.00000225. The summed E-state index contributed by atoms with van der Waals surface area (Å²) in [6, 6.07) is 8.17. The lowest BCUT2D eigenvalue weighted by molar-refractivity contribution is -0.119. The second-order valence-corrected chi connectivity index (χ2v) is 8.60. The van der Waals surface area contributed by atoms with Gasteiger partial charge in [0, 0.05) is 38.3 Å². The molecule has 6 heteroatoms. The molecule has 0 radical (unpaired) electrons. The van der Waals surface area contributed by atoms with Crippen molar-refractivity contribution < 1.29 is 4.79 Å². The van der Waals surface area contributed by atoms with Crippen molar-refractivity contribution in [3.05, 3.63) is 29.8 Å². The predicted molar refractivity (Wildman–Crippen MR) is 125 cm³/mol. The van der Waals surface area contributed by atoms with E-state index in [9.17, 15) is 4.79 Å². The van der Waals surface area contributed by atoms with Gasteiger partial charge in [-0.15, -0.1) is 24.0 Å². The van der Waals surface area contributed by atoms with Crippen LogP contribution in [0, 0.1) is 11.3 Å². The van der Waals surface area contributed by atoms with E-state index in [1.807, 2.05) is 19.2 Å². The highest BCUT2D eigenvalue weighted by molar-refractivity contribution is 14.0. The van der Waals surface area contributed by atoms with Crippen molar-refractivity contribution in [2.45, 2.75) is 57.9 Å². The topological polar surface area (TPSA) is 56.7 Å². The molecule has 0 aromatic heterocycles. The molecular weight excluding hydrogens is 463 g/mol. The molecule has 3 aliphatic rings. The number of carbonyl (C=O) groups is 1. The lowest BCUT2D eigenvalue weighted by Crippen LogP contribution is -2.42. The molecule has 0 atom stereocenters. The summed E-state index contributed by atoms with van der Waals surface area (Å²) in [5.74, 6) is 1.37. The Bertz CT molecular complexity index is 710. The molecule has 4 rings (SSSR count). The zero-order valence-electron chi connectivity index (χ0n) is 16.9. The Morgan fingerprint density at radius 2 is 2.00 bits per heavy atom. The first kappa shape index (κ1) is 21.4. The van der Waals surface area contributed by atoms with Crippen LogP contribution in [0.25, 0.3) is 0 Å². The van der Waals surface area contributed by atoms with Gasteiger partial charge in [0.05, 0.1) is 0 Å². The number of nitrogens with one attached hydrogen (secondary N) is 2. The maximum Gasteiger partial charge on any atom is 0.227 e. The van der Waals surface area contributed by atoms with Gasteiger partial charge >= 0.3 is 0 Å². The molecule has 0 unspecified atom stereocenters. The number of nitrogens with zero attached hydrogens (tertiary/aromatic N) is 2. The van der Waals surface area contributed by atoms with Crippen molar-refractivity contribution in [3.8, 4) is 0 Å². The third kappa shape index (κ3) is 4.81. The number of hydrogen-bond donors (Lipinski definition) is 2. The number of anilines is 1. The molecule has 1 aromatic carbocycles. The molecule has 28 heavy (non-hydrogen) atoms. The van der Waals surface area contributed by atoms with Gasteiger partial charge in [-0.25, -0.2) is 0 Å². The molecule has 1 saturated heterocycles. The van der Waals surface area contributed by atoms with Crippen LogP contribution in [-0.4, -0.2) is 36.9 Å². The number of benzene rings is 1. The van der Waals surface area contributed by atoms with Crippen LogP contribution in [0.15, 0.2) is 29.3 Å². The van der Waals surface area contributed by atoms with Crippen molar-refractivity contribution in [1.82, 2.24) is 10.2 Å². The Labute approximate surface area is 185 Å². The largest absolute Gasteiger partial charge is 0.352 e. The zero-order valence-corrected chi connectivity index (χ0v) is 19.2. The highest BCUT2D eigenvalue weighted by Crippen LogP contribution is 2.47. The molecule has 154 valence electrons. The van der Waals surface area contributed by atoms with E-state index < -0.39 is 0 Å². The first-order valence-electron chi connectivity index (χ1n) is 10.5. The summed E-state index contributed by atoms with van der Waals surface area (Å²) >= 11 is 0. The summed E-state index contributed by atoms with van der Waals surface area (Å²) in [5.41, 5.74) is 2.64. The first-order valence-corrected chi connectivity index (χ1v) is 10.5. The molecule has 1 aliphatic heterocycles. The molecule has 1 amide bonds. The first-order chi connectivity index (χ1) is 13.2. The number of aliphatic imine (C=N–C) groups is 1. The molecule has 2 aliphatic carbocycles. The fourth-order valence-electron chi connectivity index (χ4n) is 4.91.